The molecule has 2 N–H and O–H groups in total. The van der Waals surface area contributed by atoms with Gasteiger partial charge in [-0.3, -0.25) is 19.8 Å². The van der Waals surface area contributed by atoms with Gasteiger partial charge in [0.05, 0.1) is 18.6 Å². The van der Waals surface area contributed by atoms with Gasteiger partial charge >= 0.3 is 6.09 Å². The van der Waals surface area contributed by atoms with Gasteiger partial charge in [-0.15, -0.1) is 0 Å². The number of aliphatic imine (C=N–C) groups is 1. The van der Waals surface area contributed by atoms with Crippen LogP contribution in [-0.2, 0) is 19.1 Å². The quantitative estimate of drug-likeness (QED) is 0.456. The van der Waals surface area contributed by atoms with Gasteiger partial charge in [0, 0.05) is 32.0 Å². The van der Waals surface area contributed by atoms with E-state index in [-0.39, 0.29) is 36.2 Å². The van der Waals surface area contributed by atoms with Crippen molar-refractivity contribution in [3.05, 3.63) is 12.2 Å². The normalized spacial score (nSPS) is 25.2. The minimum Gasteiger partial charge on any atom is -0.444 e. The first-order valence-corrected chi connectivity index (χ1v) is 13.3. The number of hydrogen-bond donors (Lipinski definition) is 2. The van der Waals surface area contributed by atoms with Crippen LogP contribution in [0.25, 0.3) is 0 Å². The Labute approximate surface area is 216 Å². The topological polar surface area (TPSA) is 109 Å². The van der Waals surface area contributed by atoms with Gasteiger partial charge in [-0.1, -0.05) is 32.9 Å². The summed E-state index contributed by atoms with van der Waals surface area (Å²) in [7, 11) is 1.61. The SMILES string of the molecule is CC[C@@]1(CC/C=C\C(C)C)CC(=O)N(C2CCOCC2CCC(=O)NC)C(NC(=O)OC(C)(C)C)=N1. The molecule has 0 bridgehead atoms. The Morgan fingerprint density at radius 1 is 1.33 bits per heavy atom. The molecule has 2 rings (SSSR count). The molecule has 0 aromatic carbocycles. The summed E-state index contributed by atoms with van der Waals surface area (Å²) in [4.78, 5) is 45.1. The standard InChI is InChI=1S/C27H46N4O5/c1-8-27(15-10-9-11-19(2)3)17-23(33)31(24(30-27)29-25(34)36-26(4,5)6)21-14-16-35-18-20(21)12-13-22(32)28-7/h9,11,19-21H,8,10,12-18H2,1-7H3,(H,28,32)(H,29,30,34)/b11-9-/t20?,21?,27-/m1/s1. The second-order valence-electron chi connectivity index (χ2n) is 11.2. The minimum absolute atomic E-state index is 0.0475. The van der Waals surface area contributed by atoms with E-state index in [1.807, 2.05) is 6.92 Å². The van der Waals surface area contributed by atoms with E-state index < -0.39 is 17.2 Å². The lowest BCUT2D eigenvalue weighted by Gasteiger charge is -2.45. The van der Waals surface area contributed by atoms with Crippen molar-refractivity contribution >= 4 is 23.9 Å². The molecule has 0 radical (unpaired) electrons. The smallest absolute Gasteiger partial charge is 0.414 e. The van der Waals surface area contributed by atoms with E-state index in [0.717, 1.165) is 6.42 Å². The molecule has 1 fully saturated rings. The fraction of sp³-hybridized carbons (Fsp3) is 0.778. The number of hydrogen-bond acceptors (Lipinski definition) is 6. The molecule has 2 aliphatic rings. The fourth-order valence-corrected chi connectivity index (χ4v) is 4.72. The van der Waals surface area contributed by atoms with E-state index in [2.05, 4.69) is 36.6 Å². The van der Waals surface area contributed by atoms with Crippen LogP contribution in [0.1, 0.15) is 86.5 Å². The minimum atomic E-state index is -0.688. The number of nitrogens with one attached hydrogen (secondary N) is 2. The van der Waals surface area contributed by atoms with Crippen molar-refractivity contribution in [2.45, 2.75) is 104 Å². The van der Waals surface area contributed by atoms with E-state index in [9.17, 15) is 14.4 Å². The number of allylic oxidation sites excluding steroid dienone is 2. The Bertz CT molecular complexity index is 833. The first-order valence-electron chi connectivity index (χ1n) is 13.3. The zero-order valence-corrected chi connectivity index (χ0v) is 23.2. The first kappa shape index (κ1) is 29.8. The van der Waals surface area contributed by atoms with Crippen LogP contribution in [0, 0.1) is 11.8 Å². The first-order chi connectivity index (χ1) is 16.9. The molecule has 36 heavy (non-hydrogen) atoms. The second-order valence-corrected chi connectivity index (χ2v) is 11.2. The van der Waals surface area contributed by atoms with Crippen molar-refractivity contribution in [3.8, 4) is 0 Å². The van der Waals surface area contributed by atoms with Crippen molar-refractivity contribution in [3.63, 3.8) is 0 Å². The van der Waals surface area contributed by atoms with Crippen LogP contribution in [0.4, 0.5) is 4.79 Å². The van der Waals surface area contributed by atoms with E-state index in [1.54, 1.807) is 32.7 Å². The highest BCUT2D eigenvalue weighted by Gasteiger charge is 2.44. The Balaban J connectivity index is 2.38. The van der Waals surface area contributed by atoms with Crippen molar-refractivity contribution in [1.82, 2.24) is 15.5 Å². The van der Waals surface area contributed by atoms with Crippen LogP contribution in [0.15, 0.2) is 17.1 Å². The predicted molar refractivity (Wildman–Crippen MR) is 141 cm³/mol. The molecule has 0 saturated carbocycles. The molecule has 2 aliphatic heterocycles. The molecule has 0 spiro atoms. The van der Waals surface area contributed by atoms with Crippen LogP contribution in [0.5, 0.6) is 0 Å². The molecular formula is C27H46N4O5. The number of ether oxygens (including phenoxy) is 2. The van der Waals surface area contributed by atoms with E-state index in [4.69, 9.17) is 14.5 Å². The molecule has 2 unspecified atom stereocenters. The largest absolute Gasteiger partial charge is 0.444 e. The van der Waals surface area contributed by atoms with Gasteiger partial charge in [-0.2, -0.15) is 0 Å². The van der Waals surface area contributed by atoms with Crippen LogP contribution in [-0.4, -0.2) is 66.2 Å². The number of rotatable bonds is 9. The Hall–Kier alpha value is -2.42. The summed E-state index contributed by atoms with van der Waals surface area (Å²) in [6, 6.07) is -0.222. The van der Waals surface area contributed by atoms with E-state index in [1.165, 1.54) is 0 Å². The summed E-state index contributed by atoms with van der Waals surface area (Å²) >= 11 is 0. The maximum absolute atomic E-state index is 13.7. The number of carbonyl (C=O) groups is 3. The fourth-order valence-electron chi connectivity index (χ4n) is 4.72. The van der Waals surface area contributed by atoms with Gasteiger partial charge in [0.15, 0.2) is 0 Å². The lowest BCUT2D eigenvalue weighted by Crippen LogP contribution is -2.61. The van der Waals surface area contributed by atoms with Gasteiger partial charge < -0.3 is 14.8 Å². The van der Waals surface area contributed by atoms with Crippen molar-refractivity contribution in [2.24, 2.45) is 16.8 Å². The second kappa shape index (κ2) is 13.2. The Morgan fingerprint density at radius 2 is 2.06 bits per heavy atom. The molecular weight excluding hydrogens is 460 g/mol. The van der Waals surface area contributed by atoms with E-state index >= 15 is 0 Å². The van der Waals surface area contributed by atoms with Crippen LogP contribution in [0.2, 0.25) is 0 Å². The lowest BCUT2D eigenvalue weighted by atomic mass is 9.83. The van der Waals surface area contributed by atoms with Crippen LogP contribution in [0.3, 0.4) is 0 Å². The number of guanidine groups is 1. The average Bonchev–Trinajstić information content (AvgIpc) is 2.79. The van der Waals surface area contributed by atoms with Crippen LogP contribution >= 0.6 is 0 Å². The summed E-state index contributed by atoms with van der Waals surface area (Å²) in [6.45, 7) is 12.6. The third kappa shape index (κ3) is 8.91. The van der Waals surface area contributed by atoms with Gasteiger partial charge in [-0.05, 0) is 58.8 Å². The summed E-state index contributed by atoms with van der Waals surface area (Å²) in [5, 5.41) is 5.45. The molecule has 204 valence electrons. The number of nitrogens with zero attached hydrogens (tertiary/aromatic N) is 2. The Morgan fingerprint density at radius 3 is 2.67 bits per heavy atom. The number of carbonyl (C=O) groups excluding carboxylic acids is 3. The maximum atomic E-state index is 13.7. The van der Waals surface area contributed by atoms with Crippen LogP contribution < -0.4 is 10.6 Å². The van der Waals surface area contributed by atoms with Gasteiger partial charge in [0.25, 0.3) is 0 Å². The number of alkyl carbamates (subject to hydrolysis) is 1. The zero-order chi connectivity index (χ0) is 26.9. The highest BCUT2D eigenvalue weighted by molar-refractivity contribution is 6.05. The number of amides is 3. The highest BCUT2D eigenvalue weighted by Crippen LogP contribution is 2.35. The molecule has 0 aliphatic carbocycles. The average molecular weight is 507 g/mol. The van der Waals surface area contributed by atoms with Gasteiger partial charge in [0.1, 0.15) is 5.60 Å². The molecule has 3 amide bonds. The monoisotopic (exact) mass is 506 g/mol. The van der Waals surface area contributed by atoms with Crippen molar-refractivity contribution < 1.29 is 23.9 Å². The lowest BCUT2D eigenvalue weighted by molar-refractivity contribution is -0.135. The molecule has 3 atom stereocenters. The third-order valence-electron chi connectivity index (χ3n) is 6.68. The van der Waals surface area contributed by atoms with Gasteiger partial charge in [0.2, 0.25) is 17.8 Å². The molecule has 1 saturated heterocycles. The molecule has 9 heteroatoms. The summed E-state index contributed by atoms with van der Waals surface area (Å²) in [5.74, 6) is 0.534. The van der Waals surface area contributed by atoms with Gasteiger partial charge in [-0.25, -0.2) is 9.79 Å². The molecule has 0 aromatic heterocycles. The Kier molecular flexibility index (Phi) is 10.9. The maximum Gasteiger partial charge on any atom is 0.414 e. The summed E-state index contributed by atoms with van der Waals surface area (Å²) in [5.41, 5.74) is -1.28. The van der Waals surface area contributed by atoms with Crippen molar-refractivity contribution in [2.75, 3.05) is 20.3 Å². The van der Waals surface area contributed by atoms with Crippen molar-refractivity contribution in [1.29, 1.82) is 0 Å². The summed E-state index contributed by atoms with van der Waals surface area (Å²) in [6.07, 6.45) is 7.64. The summed E-state index contributed by atoms with van der Waals surface area (Å²) < 4.78 is 11.2. The zero-order valence-electron chi connectivity index (χ0n) is 23.2. The molecule has 0 aromatic rings. The highest BCUT2D eigenvalue weighted by atomic mass is 16.6. The molecule has 9 nitrogen and oxygen atoms in total. The molecule has 2 heterocycles. The predicted octanol–water partition coefficient (Wildman–Crippen LogP) is 4.17. The van der Waals surface area contributed by atoms with E-state index in [0.29, 0.717) is 51.2 Å². The third-order valence-corrected chi connectivity index (χ3v) is 6.68.